The zero-order valence-corrected chi connectivity index (χ0v) is 65.5. The standard InChI is InChI=1S/C41H27N.C40H26N2.C34H22N2/c1-2-13-29(14-3-1)38-22-11-23-39(42-38)30-24-26-31(27-25-30)40-34-17-6-8-19-36(34)41(37-20-9-7-18-35(37)40)33-21-10-15-28-12-4-5-16-32(28)33;1-2-9-31-26-32(21-16-27(31)8-1)40-35-12-5-3-10-33(35)39(34-11-4-6-13-36(34)40)30-19-17-28(18-20-30)37-14-7-15-38(42-37)29-22-24-41-25-23-29;1-2-11-25-23(9-1)10-7-16-26(25)33-27-12-3-5-14-29(27)34(30-15-6-4-13-28(30)33)32-18-8-17-31(36-32)24-19-21-35-22-20-24/h1-27H;1-26H;1-22H. The van der Waals surface area contributed by atoms with E-state index in [4.69, 9.17) is 15.0 Å². The van der Waals surface area contributed by atoms with Crippen LogP contribution in [0.2, 0.25) is 0 Å². The van der Waals surface area contributed by atoms with E-state index in [9.17, 15) is 0 Å². The molecule has 560 valence electrons. The van der Waals surface area contributed by atoms with Crippen LogP contribution < -0.4 is 0 Å². The summed E-state index contributed by atoms with van der Waals surface area (Å²) in [6, 6.07) is 154. The van der Waals surface area contributed by atoms with Gasteiger partial charge in [0.05, 0.1) is 34.2 Å². The fourth-order valence-corrected chi connectivity index (χ4v) is 17.9. The van der Waals surface area contributed by atoms with Gasteiger partial charge < -0.3 is 0 Å². The average Bonchev–Trinajstić information content (AvgIpc) is 0.731. The lowest BCUT2D eigenvalue weighted by atomic mass is 9.84. The Hall–Kier alpha value is -16.0. The van der Waals surface area contributed by atoms with E-state index in [1.54, 1.807) is 12.4 Å². The molecule has 18 aromatic carbocycles. The molecule has 0 bridgehead atoms. The van der Waals surface area contributed by atoms with Crippen molar-refractivity contribution in [3.8, 4) is 123 Å². The van der Waals surface area contributed by atoms with Crippen molar-refractivity contribution < 1.29 is 0 Å². The van der Waals surface area contributed by atoms with Gasteiger partial charge in [0.15, 0.2) is 0 Å². The van der Waals surface area contributed by atoms with Gasteiger partial charge >= 0.3 is 0 Å². The molecule has 0 radical (unpaired) electrons. The van der Waals surface area contributed by atoms with Crippen molar-refractivity contribution in [2.45, 2.75) is 0 Å². The Morgan fingerprint density at radius 1 is 0.125 bits per heavy atom. The Labute approximate surface area is 695 Å². The fraction of sp³-hybridized carbons (Fsp3) is 0. The van der Waals surface area contributed by atoms with Crippen molar-refractivity contribution in [1.29, 1.82) is 0 Å². The van der Waals surface area contributed by atoms with Gasteiger partial charge in [0.25, 0.3) is 0 Å². The van der Waals surface area contributed by atoms with Gasteiger partial charge in [-0.05, 0) is 219 Å². The number of benzene rings is 18. The topological polar surface area (TPSA) is 64.5 Å². The van der Waals surface area contributed by atoms with Crippen LogP contribution in [0, 0.1) is 0 Å². The van der Waals surface area contributed by atoms with Gasteiger partial charge in [0.1, 0.15) is 0 Å². The highest BCUT2D eigenvalue weighted by atomic mass is 14.7. The van der Waals surface area contributed by atoms with Crippen LogP contribution in [-0.4, -0.2) is 24.9 Å². The first kappa shape index (κ1) is 71.8. The molecule has 5 heteroatoms. The monoisotopic (exact) mass is 1530 g/mol. The van der Waals surface area contributed by atoms with Crippen molar-refractivity contribution in [1.82, 2.24) is 24.9 Å². The zero-order valence-electron chi connectivity index (χ0n) is 65.5. The minimum atomic E-state index is 0.945. The maximum atomic E-state index is 5.14. The van der Waals surface area contributed by atoms with Crippen molar-refractivity contribution in [2.75, 3.05) is 0 Å². The second-order valence-corrected chi connectivity index (χ2v) is 30.4. The first-order valence-corrected chi connectivity index (χ1v) is 40.8. The predicted molar refractivity (Wildman–Crippen MR) is 506 cm³/mol. The predicted octanol–water partition coefficient (Wildman–Crippen LogP) is 30.8. The van der Waals surface area contributed by atoms with Crippen LogP contribution in [0.4, 0.5) is 0 Å². The van der Waals surface area contributed by atoms with Gasteiger partial charge in [-0.1, -0.05) is 364 Å². The Morgan fingerprint density at radius 2 is 0.367 bits per heavy atom. The van der Waals surface area contributed by atoms with Crippen molar-refractivity contribution >= 4 is 97.0 Å². The van der Waals surface area contributed by atoms with Gasteiger partial charge in [0.2, 0.25) is 0 Å². The van der Waals surface area contributed by atoms with Gasteiger partial charge in [-0.2, -0.15) is 0 Å². The molecule has 5 nitrogen and oxygen atoms in total. The van der Waals surface area contributed by atoms with Crippen molar-refractivity contribution in [3.05, 3.63) is 455 Å². The molecular weight excluding hydrogens is 1450 g/mol. The van der Waals surface area contributed by atoms with Gasteiger partial charge in [-0.3, -0.25) is 9.97 Å². The molecule has 5 aromatic heterocycles. The highest BCUT2D eigenvalue weighted by Crippen LogP contribution is 2.49. The van der Waals surface area contributed by atoms with Gasteiger partial charge in [-0.15, -0.1) is 0 Å². The van der Waals surface area contributed by atoms with E-state index in [-0.39, 0.29) is 0 Å². The van der Waals surface area contributed by atoms with Gasteiger partial charge in [-0.25, -0.2) is 15.0 Å². The molecular formula is C115H75N5. The molecule has 0 saturated carbocycles. The Bertz CT molecular complexity index is 7630. The summed E-state index contributed by atoms with van der Waals surface area (Å²) in [6.07, 6.45) is 7.23. The van der Waals surface area contributed by atoms with Crippen molar-refractivity contribution in [3.63, 3.8) is 0 Å². The molecule has 0 aliphatic heterocycles. The molecule has 0 spiro atoms. The van der Waals surface area contributed by atoms with E-state index in [0.29, 0.717) is 0 Å². The van der Waals surface area contributed by atoms with E-state index >= 15 is 0 Å². The summed E-state index contributed by atoms with van der Waals surface area (Å²) in [5, 5.41) is 22.5. The summed E-state index contributed by atoms with van der Waals surface area (Å²) in [5.41, 5.74) is 24.9. The normalized spacial score (nSPS) is 11.3. The lowest BCUT2D eigenvalue weighted by Crippen LogP contribution is -1.94. The summed E-state index contributed by atoms with van der Waals surface area (Å²) >= 11 is 0. The Balaban J connectivity index is 0.000000112. The minimum Gasteiger partial charge on any atom is -0.265 e. The third-order valence-electron chi connectivity index (χ3n) is 23.4. The Morgan fingerprint density at radius 3 is 0.742 bits per heavy atom. The van der Waals surface area contributed by atoms with E-state index in [0.717, 1.165) is 62.0 Å². The highest BCUT2D eigenvalue weighted by molar-refractivity contribution is 6.26. The lowest BCUT2D eigenvalue weighted by Gasteiger charge is -2.19. The maximum absolute atomic E-state index is 5.14. The third kappa shape index (κ3) is 13.5. The summed E-state index contributed by atoms with van der Waals surface area (Å²) in [5.74, 6) is 0. The molecule has 0 saturated heterocycles. The lowest BCUT2D eigenvalue weighted by molar-refractivity contribution is 1.29. The molecule has 0 unspecified atom stereocenters. The van der Waals surface area contributed by atoms with Crippen LogP contribution in [-0.2, 0) is 0 Å². The first-order valence-electron chi connectivity index (χ1n) is 40.8. The van der Waals surface area contributed by atoms with Gasteiger partial charge in [0, 0.05) is 58.2 Å². The molecule has 0 aliphatic rings. The number of hydrogen-bond acceptors (Lipinski definition) is 5. The molecule has 0 amide bonds. The smallest absolute Gasteiger partial charge is 0.0722 e. The number of hydrogen-bond donors (Lipinski definition) is 0. The fourth-order valence-electron chi connectivity index (χ4n) is 17.9. The molecule has 5 heterocycles. The van der Waals surface area contributed by atoms with Crippen molar-refractivity contribution in [2.24, 2.45) is 0 Å². The van der Waals surface area contributed by atoms with E-state index in [1.807, 2.05) is 48.8 Å². The summed E-state index contributed by atoms with van der Waals surface area (Å²) < 4.78 is 0. The zero-order chi connectivity index (χ0) is 79.7. The summed E-state index contributed by atoms with van der Waals surface area (Å²) in [4.78, 5) is 23.4. The molecule has 23 rings (SSSR count). The molecule has 0 N–H and O–H groups in total. The first-order chi connectivity index (χ1) is 59.6. The summed E-state index contributed by atoms with van der Waals surface area (Å²) in [6.45, 7) is 0. The van der Waals surface area contributed by atoms with Crippen LogP contribution >= 0.6 is 0 Å². The largest absolute Gasteiger partial charge is 0.265 e. The average molecular weight is 1530 g/mol. The van der Waals surface area contributed by atoms with E-state index in [1.165, 1.54) is 158 Å². The van der Waals surface area contributed by atoms with Crippen LogP contribution in [0.5, 0.6) is 0 Å². The highest BCUT2D eigenvalue weighted by Gasteiger charge is 2.23. The second kappa shape index (κ2) is 31.7. The molecule has 0 aliphatic carbocycles. The number of rotatable bonds is 11. The molecule has 0 atom stereocenters. The quantitative estimate of drug-likeness (QED) is 0.121. The Kier molecular flexibility index (Phi) is 19.0. The number of pyridine rings is 5. The van der Waals surface area contributed by atoms with Crippen LogP contribution in [0.3, 0.4) is 0 Å². The summed E-state index contributed by atoms with van der Waals surface area (Å²) in [7, 11) is 0. The third-order valence-corrected chi connectivity index (χ3v) is 23.4. The maximum Gasteiger partial charge on any atom is 0.0722 e. The number of fused-ring (bicyclic) bond motifs is 9. The molecule has 120 heavy (non-hydrogen) atoms. The molecule has 23 aromatic rings. The SMILES string of the molecule is c1cc(-c2ccncc2)nc(-c2c3ccccc3c(-c3cccc4ccccc34)c3ccccc23)c1.c1cc(-c2ccncc2)nc(-c2ccc(-c3c4ccccc4c(-c4ccc5ccccc5c4)c4ccccc34)cc2)c1.c1ccc(-c2cccc(-c3ccc(-c4c5ccccc5c(-c5cccc6ccccc56)c5ccccc45)cc3)n2)cc1. The molecule has 0 fully saturated rings. The van der Waals surface area contributed by atoms with Crippen LogP contribution in [0.1, 0.15) is 0 Å². The minimum absolute atomic E-state index is 0.945. The van der Waals surface area contributed by atoms with Crippen LogP contribution in [0.25, 0.3) is 220 Å². The van der Waals surface area contributed by atoms with E-state index in [2.05, 4.69) is 404 Å². The second-order valence-electron chi connectivity index (χ2n) is 30.4. The number of nitrogens with zero attached hydrogens (tertiary/aromatic N) is 5. The number of aromatic nitrogens is 5. The van der Waals surface area contributed by atoms with E-state index < -0.39 is 0 Å². The van der Waals surface area contributed by atoms with Crippen LogP contribution in [0.15, 0.2) is 455 Å².